The fourth-order valence-electron chi connectivity index (χ4n) is 4.22. The zero-order valence-electron chi connectivity index (χ0n) is 13.0. The minimum Gasteiger partial charge on any atom is -0.392 e. The van der Waals surface area contributed by atoms with E-state index in [4.69, 9.17) is 0 Å². The number of nitrogens with one attached hydrogen (secondary N) is 1. The average molecular weight is 301 g/mol. The number of anilines is 1. The van der Waals surface area contributed by atoms with Crippen LogP contribution < -0.4 is 4.90 Å². The monoisotopic (exact) mass is 301 g/mol. The minimum atomic E-state index is -0.213. The van der Waals surface area contributed by atoms with Gasteiger partial charge in [0, 0.05) is 37.8 Å². The number of hydrogen-bond acceptors (Lipinski definition) is 5. The van der Waals surface area contributed by atoms with Gasteiger partial charge in [-0.05, 0) is 32.4 Å². The zero-order chi connectivity index (χ0) is 15.2. The molecule has 2 N–H and O–H groups in total. The fraction of sp³-hybridized carbons (Fsp3) is 0.625. The van der Waals surface area contributed by atoms with Crippen LogP contribution in [0.4, 0.5) is 5.82 Å². The molecule has 2 atom stereocenters. The predicted molar refractivity (Wildman–Crippen MR) is 85.9 cm³/mol. The van der Waals surface area contributed by atoms with Crippen LogP contribution >= 0.6 is 0 Å². The molecule has 0 aliphatic carbocycles. The van der Waals surface area contributed by atoms with Crippen LogP contribution in [-0.2, 0) is 0 Å². The number of hydrogen-bond donors (Lipinski definition) is 2. The second kappa shape index (κ2) is 5.21. The Balaban J connectivity index is 1.67. The summed E-state index contributed by atoms with van der Waals surface area (Å²) >= 11 is 0. The first-order valence-corrected chi connectivity index (χ1v) is 8.08. The molecule has 6 heteroatoms. The largest absolute Gasteiger partial charge is 0.392 e. The number of aliphatic hydroxyl groups excluding tert-OH is 1. The third kappa shape index (κ3) is 2.18. The molecule has 0 radical (unpaired) electrons. The maximum Gasteiger partial charge on any atom is 0.142 e. The summed E-state index contributed by atoms with van der Waals surface area (Å²) in [5, 5.41) is 11.7. The molecule has 0 saturated carbocycles. The number of fused-ring (bicyclic) bond motifs is 1. The summed E-state index contributed by atoms with van der Waals surface area (Å²) in [7, 11) is 2.15. The van der Waals surface area contributed by atoms with E-state index in [1.165, 1.54) is 0 Å². The van der Waals surface area contributed by atoms with Crippen molar-refractivity contribution in [3.8, 4) is 0 Å². The third-order valence-electron chi connectivity index (χ3n) is 5.32. The van der Waals surface area contributed by atoms with Crippen LogP contribution in [0.25, 0.3) is 11.0 Å². The van der Waals surface area contributed by atoms with Crippen LogP contribution in [0.2, 0.25) is 0 Å². The first-order valence-electron chi connectivity index (χ1n) is 8.08. The van der Waals surface area contributed by atoms with Crippen LogP contribution in [0.15, 0.2) is 18.6 Å². The molecule has 6 nitrogen and oxygen atoms in total. The molecule has 2 aromatic rings. The van der Waals surface area contributed by atoms with E-state index in [9.17, 15) is 5.11 Å². The molecule has 0 amide bonds. The lowest BCUT2D eigenvalue weighted by molar-refractivity contribution is -0.0466. The van der Waals surface area contributed by atoms with Gasteiger partial charge in [0.15, 0.2) is 0 Å². The van der Waals surface area contributed by atoms with E-state index in [0.29, 0.717) is 0 Å². The molecule has 4 rings (SSSR count). The number of rotatable bonds is 1. The Hall–Kier alpha value is -1.66. The van der Waals surface area contributed by atoms with Gasteiger partial charge in [-0.1, -0.05) is 0 Å². The summed E-state index contributed by atoms with van der Waals surface area (Å²) in [4.78, 5) is 16.6. The Morgan fingerprint density at radius 2 is 2.23 bits per heavy atom. The number of H-pyrrole nitrogens is 1. The Morgan fingerprint density at radius 1 is 1.32 bits per heavy atom. The van der Waals surface area contributed by atoms with Gasteiger partial charge in [0.2, 0.25) is 0 Å². The van der Waals surface area contributed by atoms with Crippen LogP contribution in [-0.4, -0.2) is 64.3 Å². The number of nitrogens with zero attached hydrogens (tertiary/aromatic N) is 4. The molecular formula is C16H23N5O. The quantitative estimate of drug-likeness (QED) is 0.829. The summed E-state index contributed by atoms with van der Waals surface area (Å²) in [6, 6.07) is 2.04. The first kappa shape index (κ1) is 14.0. The standard InChI is InChI=1S/C16H23N5O/c1-20-8-4-13(22)16(9-20)5-2-7-21(10-16)15-12-3-6-17-14(12)18-11-19-15/h3,6,11,13,22H,2,4-5,7-10H2,1H3,(H,17,18,19)/t13-,16-/m0/s1. The lowest BCUT2D eigenvalue weighted by atomic mass is 9.71. The Labute approximate surface area is 130 Å². The molecule has 22 heavy (non-hydrogen) atoms. The summed E-state index contributed by atoms with van der Waals surface area (Å²) in [5.74, 6) is 0.991. The first-order chi connectivity index (χ1) is 10.7. The maximum atomic E-state index is 10.6. The van der Waals surface area contributed by atoms with Crippen molar-refractivity contribution in [2.45, 2.75) is 25.4 Å². The van der Waals surface area contributed by atoms with E-state index in [1.807, 2.05) is 12.3 Å². The van der Waals surface area contributed by atoms with Gasteiger partial charge in [-0.3, -0.25) is 0 Å². The second-order valence-electron chi connectivity index (χ2n) is 6.87. The topological polar surface area (TPSA) is 68.3 Å². The molecule has 2 fully saturated rings. The number of aliphatic hydroxyl groups is 1. The molecular weight excluding hydrogens is 278 g/mol. The molecule has 1 spiro atoms. The maximum absolute atomic E-state index is 10.6. The van der Waals surface area contributed by atoms with E-state index in [2.05, 4.69) is 31.8 Å². The average Bonchev–Trinajstić information content (AvgIpc) is 3.00. The van der Waals surface area contributed by atoms with Gasteiger partial charge >= 0.3 is 0 Å². The number of aromatic amines is 1. The molecule has 118 valence electrons. The molecule has 0 unspecified atom stereocenters. The van der Waals surface area contributed by atoms with Crippen molar-refractivity contribution < 1.29 is 5.11 Å². The second-order valence-corrected chi connectivity index (χ2v) is 6.87. The Kier molecular flexibility index (Phi) is 3.31. The van der Waals surface area contributed by atoms with Crippen LogP contribution in [0, 0.1) is 5.41 Å². The van der Waals surface area contributed by atoms with Crippen molar-refractivity contribution in [3.63, 3.8) is 0 Å². The fourth-order valence-corrected chi connectivity index (χ4v) is 4.22. The van der Waals surface area contributed by atoms with Gasteiger partial charge < -0.3 is 19.9 Å². The summed E-state index contributed by atoms with van der Waals surface area (Å²) in [5.41, 5.74) is 0.852. The Morgan fingerprint density at radius 3 is 3.14 bits per heavy atom. The van der Waals surface area contributed by atoms with Gasteiger partial charge in [-0.15, -0.1) is 0 Å². The molecule has 2 aromatic heterocycles. The van der Waals surface area contributed by atoms with Crippen molar-refractivity contribution in [1.82, 2.24) is 19.9 Å². The summed E-state index contributed by atoms with van der Waals surface area (Å²) in [6.45, 7) is 3.82. The number of likely N-dealkylation sites (tertiary alicyclic amines) is 1. The van der Waals surface area contributed by atoms with Gasteiger partial charge in [-0.25, -0.2) is 9.97 Å². The van der Waals surface area contributed by atoms with Gasteiger partial charge in [-0.2, -0.15) is 0 Å². The van der Waals surface area contributed by atoms with Gasteiger partial charge in [0.1, 0.15) is 17.8 Å². The smallest absolute Gasteiger partial charge is 0.142 e. The predicted octanol–water partition coefficient (Wildman–Crippen LogP) is 1.24. The van der Waals surface area contributed by atoms with E-state index in [1.54, 1.807) is 6.33 Å². The number of piperidine rings is 2. The van der Waals surface area contributed by atoms with Gasteiger partial charge in [0.05, 0.1) is 11.5 Å². The van der Waals surface area contributed by atoms with Crippen molar-refractivity contribution >= 4 is 16.9 Å². The van der Waals surface area contributed by atoms with Crippen molar-refractivity contribution in [3.05, 3.63) is 18.6 Å². The summed E-state index contributed by atoms with van der Waals surface area (Å²) < 4.78 is 0. The Bertz CT molecular complexity index is 671. The van der Waals surface area contributed by atoms with Crippen molar-refractivity contribution in [2.24, 2.45) is 5.41 Å². The van der Waals surface area contributed by atoms with E-state index in [-0.39, 0.29) is 11.5 Å². The van der Waals surface area contributed by atoms with Crippen LogP contribution in [0.3, 0.4) is 0 Å². The molecule has 0 aromatic carbocycles. The zero-order valence-corrected chi connectivity index (χ0v) is 13.0. The third-order valence-corrected chi connectivity index (χ3v) is 5.32. The SMILES string of the molecule is CN1CC[C@H](O)[C@@]2(CCCN(c3ncnc4[nH]ccc34)C2)C1. The molecule has 2 saturated heterocycles. The van der Waals surface area contributed by atoms with Crippen LogP contribution in [0.1, 0.15) is 19.3 Å². The van der Waals surface area contributed by atoms with Crippen molar-refractivity contribution in [2.75, 3.05) is 38.1 Å². The summed E-state index contributed by atoms with van der Waals surface area (Å²) in [6.07, 6.45) is 6.38. The normalized spacial score (nSPS) is 30.3. The molecule has 2 aliphatic rings. The highest BCUT2D eigenvalue weighted by atomic mass is 16.3. The highest BCUT2D eigenvalue weighted by Gasteiger charge is 2.45. The van der Waals surface area contributed by atoms with Crippen LogP contribution in [0.5, 0.6) is 0 Å². The lowest BCUT2D eigenvalue weighted by Gasteiger charge is -2.50. The number of aromatic nitrogens is 3. The van der Waals surface area contributed by atoms with Gasteiger partial charge in [0.25, 0.3) is 0 Å². The van der Waals surface area contributed by atoms with E-state index >= 15 is 0 Å². The molecule has 2 aliphatic heterocycles. The van der Waals surface area contributed by atoms with Crippen molar-refractivity contribution in [1.29, 1.82) is 0 Å². The lowest BCUT2D eigenvalue weighted by Crippen LogP contribution is -2.58. The minimum absolute atomic E-state index is 0.0289. The van der Waals surface area contributed by atoms with E-state index in [0.717, 1.165) is 62.3 Å². The highest BCUT2D eigenvalue weighted by molar-refractivity contribution is 5.87. The van der Waals surface area contributed by atoms with E-state index < -0.39 is 0 Å². The highest BCUT2D eigenvalue weighted by Crippen LogP contribution is 2.40. The molecule has 4 heterocycles. The molecule has 0 bridgehead atoms.